The Balaban J connectivity index is 1.46. The van der Waals surface area contributed by atoms with Gasteiger partial charge in [0.25, 0.3) is 0 Å². The van der Waals surface area contributed by atoms with Gasteiger partial charge in [-0.15, -0.1) is 11.3 Å². The lowest BCUT2D eigenvalue weighted by molar-refractivity contribution is -0.117. The highest BCUT2D eigenvalue weighted by atomic mass is 32.1. The number of hydrogen-bond acceptors (Lipinski definition) is 4. The number of nitrogens with one attached hydrogen (secondary N) is 1. The molecule has 1 aromatic heterocycles. The summed E-state index contributed by atoms with van der Waals surface area (Å²) in [6, 6.07) is 9.07. The molecule has 1 saturated heterocycles. The lowest BCUT2D eigenvalue weighted by atomic mass is 10.1. The Kier molecular flexibility index (Phi) is 4.37. The summed E-state index contributed by atoms with van der Waals surface area (Å²) in [7, 11) is 0. The molecule has 4 nitrogen and oxygen atoms in total. The molecule has 126 valence electrons. The number of amides is 1. The van der Waals surface area contributed by atoms with Gasteiger partial charge in [-0.2, -0.15) is 0 Å². The third kappa shape index (κ3) is 3.23. The third-order valence-corrected chi connectivity index (χ3v) is 5.88. The fourth-order valence-corrected chi connectivity index (χ4v) is 4.25. The van der Waals surface area contributed by atoms with E-state index >= 15 is 0 Å². The largest absolute Gasteiger partial charge is 0.312 e. The van der Waals surface area contributed by atoms with E-state index in [2.05, 4.69) is 46.9 Å². The number of anilines is 1. The van der Waals surface area contributed by atoms with Crippen molar-refractivity contribution in [1.82, 2.24) is 10.3 Å². The first kappa shape index (κ1) is 15.8. The molecule has 2 heterocycles. The van der Waals surface area contributed by atoms with Crippen molar-refractivity contribution in [3.05, 3.63) is 46.4 Å². The quantitative estimate of drug-likeness (QED) is 0.861. The third-order valence-electron chi connectivity index (χ3n) is 5.02. The van der Waals surface area contributed by atoms with Crippen LogP contribution in [0.2, 0.25) is 0 Å². The number of hydrogen-bond donors (Lipinski definition) is 1. The normalized spacial score (nSPS) is 20.4. The molecule has 2 aromatic rings. The Hall–Kier alpha value is -1.72. The minimum absolute atomic E-state index is 0.242. The maximum atomic E-state index is 11.9. The number of thiazole rings is 1. The molecule has 5 heteroatoms. The van der Waals surface area contributed by atoms with E-state index in [4.69, 9.17) is 0 Å². The van der Waals surface area contributed by atoms with Crippen LogP contribution in [0.15, 0.2) is 35.8 Å². The van der Waals surface area contributed by atoms with Crippen LogP contribution in [0.1, 0.15) is 55.3 Å². The molecule has 1 aromatic carbocycles. The van der Waals surface area contributed by atoms with Crippen molar-refractivity contribution in [2.75, 3.05) is 11.4 Å². The Morgan fingerprint density at radius 2 is 2.08 bits per heavy atom. The van der Waals surface area contributed by atoms with Crippen molar-refractivity contribution < 1.29 is 4.79 Å². The highest BCUT2D eigenvalue weighted by Crippen LogP contribution is 2.42. The molecule has 0 spiro atoms. The van der Waals surface area contributed by atoms with Gasteiger partial charge in [-0.05, 0) is 49.8 Å². The molecule has 1 aliphatic heterocycles. The molecule has 1 amide bonds. The summed E-state index contributed by atoms with van der Waals surface area (Å²) in [4.78, 5) is 18.3. The molecule has 4 rings (SSSR count). The highest BCUT2D eigenvalue weighted by molar-refractivity contribution is 7.09. The first-order valence-corrected chi connectivity index (χ1v) is 9.66. The van der Waals surface area contributed by atoms with Gasteiger partial charge in [-0.3, -0.25) is 4.79 Å². The van der Waals surface area contributed by atoms with Gasteiger partial charge < -0.3 is 10.2 Å². The van der Waals surface area contributed by atoms with Gasteiger partial charge in [0.05, 0.1) is 6.04 Å². The van der Waals surface area contributed by atoms with Crippen LogP contribution in [-0.4, -0.2) is 17.4 Å². The Morgan fingerprint density at radius 3 is 2.67 bits per heavy atom. The number of nitrogens with zero attached hydrogens (tertiary/aromatic N) is 2. The van der Waals surface area contributed by atoms with E-state index in [0.29, 0.717) is 12.5 Å². The van der Waals surface area contributed by atoms with Gasteiger partial charge in [0.1, 0.15) is 5.01 Å². The number of carbonyl (C=O) groups is 1. The van der Waals surface area contributed by atoms with E-state index in [9.17, 15) is 4.79 Å². The maximum absolute atomic E-state index is 11.9. The van der Waals surface area contributed by atoms with Gasteiger partial charge >= 0.3 is 0 Å². The van der Waals surface area contributed by atoms with Gasteiger partial charge in [0, 0.05) is 36.3 Å². The number of rotatable bonds is 6. The van der Waals surface area contributed by atoms with Gasteiger partial charge in [-0.25, -0.2) is 4.98 Å². The van der Waals surface area contributed by atoms with Crippen LogP contribution in [0.25, 0.3) is 0 Å². The van der Waals surface area contributed by atoms with Crippen LogP contribution >= 0.6 is 11.3 Å². The second-order valence-electron chi connectivity index (χ2n) is 6.81. The number of carbonyl (C=O) groups excluding carboxylic acids is 1. The van der Waals surface area contributed by atoms with Crippen molar-refractivity contribution in [1.29, 1.82) is 0 Å². The van der Waals surface area contributed by atoms with E-state index in [1.165, 1.54) is 23.4 Å². The topological polar surface area (TPSA) is 45.2 Å². The van der Waals surface area contributed by atoms with Crippen LogP contribution in [0.4, 0.5) is 5.69 Å². The standard InChI is InChI=1S/C19H23N3OS/c1-13(21-18(15-4-5-15)19-20-10-12-24-19)14-6-8-16(9-7-14)22-11-2-3-17(22)23/h6-10,12-13,15,18,21H,2-5,11H2,1H3/t13-,18+/m1/s1. The Morgan fingerprint density at radius 1 is 1.29 bits per heavy atom. The fourth-order valence-electron chi connectivity index (χ4n) is 3.46. The summed E-state index contributed by atoms with van der Waals surface area (Å²) in [6.07, 6.45) is 6.12. The summed E-state index contributed by atoms with van der Waals surface area (Å²) >= 11 is 1.74. The number of benzene rings is 1. The van der Waals surface area contributed by atoms with E-state index in [1.807, 2.05) is 11.1 Å². The Labute approximate surface area is 146 Å². The molecule has 0 bridgehead atoms. The van der Waals surface area contributed by atoms with E-state index in [1.54, 1.807) is 11.3 Å². The van der Waals surface area contributed by atoms with Gasteiger partial charge in [0.15, 0.2) is 0 Å². The van der Waals surface area contributed by atoms with Crippen LogP contribution in [-0.2, 0) is 4.79 Å². The zero-order valence-electron chi connectivity index (χ0n) is 13.9. The predicted octanol–water partition coefficient (Wildman–Crippen LogP) is 4.07. The fraction of sp³-hybridized carbons (Fsp3) is 0.474. The summed E-state index contributed by atoms with van der Waals surface area (Å²) in [6.45, 7) is 3.05. The molecule has 2 atom stereocenters. The second kappa shape index (κ2) is 6.65. The zero-order valence-corrected chi connectivity index (χ0v) is 14.8. The van der Waals surface area contributed by atoms with Crippen molar-refractivity contribution in [3.8, 4) is 0 Å². The summed E-state index contributed by atoms with van der Waals surface area (Å²) in [5.41, 5.74) is 2.28. The minimum Gasteiger partial charge on any atom is -0.312 e. The lowest BCUT2D eigenvalue weighted by Gasteiger charge is -2.23. The minimum atomic E-state index is 0.242. The smallest absolute Gasteiger partial charge is 0.227 e. The Bertz CT molecular complexity index is 694. The first-order valence-electron chi connectivity index (χ1n) is 8.78. The average molecular weight is 341 g/mol. The molecule has 2 aliphatic rings. The second-order valence-corrected chi connectivity index (χ2v) is 7.74. The average Bonchev–Trinajstić information content (AvgIpc) is 3.11. The molecule has 1 aliphatic carbocycles. The molecule has 2 fully saturated rings. The molecule has 0 radical (unpaired) electrons. The SMILES string of the molecule is C[C@@H](N[C@H](c1nccs1)C1CC1)c1ccc(N2CCCC2=O)cc1. The van der Waals surface area contributed by atoms with Crippen LogP contribution in [0.5, 0.6) is 0 Å². The molecular formula is C19H23N3OS. The summed E-state index contributed by atoms with van der Waals surface area (Å²) < 4.78 is 0. The molecule has 1 N–H and O–H groups in total. The summed E-state index contributed by atoms with van der Waals surface area (Å²) in [5.74, 6) is 0.964. The van der Waals surface area contributed by atoms with E-state index in [0.717, 1.165) is 24.6 Å². The van der Waals surface area contributed by atoms with Crippen molar-refractivity contribution in [2.24, 2.45) is 5.92 Å². The van der Waals surface area contributed by atoms with E-state index < -0.39 is 0 Å². The lowest BCUT2D eigenvalue weighted by Crippen LogP contribution is -2.26. The molecular weight excluding hydrogens is 318 g/mol. The monoisotopic (exact) mass is 341 g/mol. The molecule has 0 unspecified atom stereocenters. The molecule has 1 saturated carbocycles. The first-order chi connectivity index (χ1) is 11.7. The van der Waals surface area contributed by atoms with Gasteiger partial charge in [0.2, 0.25) is 5.91 Å². The van der Waals surface area contributed by atoms with E-state index in [-0.39, 0.29) is 11.9 Å². The summed E-state index contributed by atoms with van der Waals surface area (Å²) in [5, 5.41) is 7.02. The van der Waals surface area contributed by atoms with Crippen LogP contribution in [0, 0.1) is 5.92 Å². The van der Waals surface area contributed by atoms with Crippen LogP contribution in [0.3, 0.4) is 0 Å². The predicted molar refractivity (Wildman–Crippen MR) is 97.2 cm³/mol. The maximum Gasteiger partial charge on any atom is 0.227 e. The van der Waals surface area contributed by atoms with Crippen LogP contribution < -0.4 is 10.2 Å². The zero-order chi connectivity index (χ0) is 16.5. The highest BCUT2D eigenvalue weighted by Gasteiger charge is 2.34. The number of aromatic nitrogens is 1. The van der Waals surface area contributed by atoms with Gasteiger partial charge in [-0.1, -0.05) is 12.1 Å². The van der Waals surface area contributed by atoms with Crippen molar-refractivity contribution in [2.45, 2.75) is 44.7 Å². The molecule has 24 heavy (non-hydrogen) atoms. The van der Waals surface area contributed by atoms with Crippen molar-refractivity contribution in [3.63, 3.8) is 0 Å². The van der Waals surface area contributed by atoms with Crippen molar-refractivity contribution >= 4 is 22.9 Å².